The van der Waals surface area contributed by atoms with E-state index in [1.54, 1.807) is 11.3 Å². The molecule has 3 rings (SSSR count). The number of hydrogen-bond acceptors (Lipinski definition) is 2. The second-order valence-corrected chi connectivity index (χ2v) is 6.55. The Bertz CT molecular complexity index is 333. The van der Waals surface area contributed by atoms with Gasteiger partial charge in [-0.2, -0.15) is 11.3 Å². The predicted octanol–water partition coefficient (Wildman–Crippen LogP) is 3.44. The van der Waals surface area contributed by atoms with E-state index >= 15 is 0 Å². The molecule has 0 aromatic carbocycles. The molecule has 0 saturated heterocycles. The van der Waals surface area contributed by atoms with Crippen LogP contribution in [0.4, 0.5) is 0 Å². The molecule has 16 heavy (non-hydrogen) atoms. The molecule has 1 nitrogen and oxygen atoms in total. The van der Waals surface area contributed by atoms with Gasteiger partial charge in [-0.15, -0.1) is 0 Å². The molecule has 0 amide bonds. The fourth-order valence-corrected chi connectivity index (χ4v) is 4.53. The lowest BCUT2D eigenvalue weighted by Gasteiger charge is -2.24. The van der Waals surface area contributed by atoms with Crippen molar-refractivity contribution in [2.75, 3.05) is 0 Å². The zero-order valence-electron chi connectivity index (χ0n) is 9.77. The van der Waals surface area contributed by atoms with Gasteiger partial charge in [-0.25, -0.2) is 0 Å². The van der Waals surface area contributed by atoms with Crippen molar-refractivity contribution < 1.29 is 0 Å². The first kappa shape index (κ1) is 10.8. The van der Waals surface area contributed by atoms with E-state index in [-0.39, 0.29) is 0 Å². The van der Waals surface area contributed by atoms with Gasteiger partial charge in [0.05, 0.1) is 0 Å². The monoisotopic (exact) mass is 235 g/mol. The molecule has 4 atom stereocenters. The maximum Gasteiger partial charge on any atom is 0.00823 e. The molecule has 2 heteroatoms. The van der Waals surface area contributed by atoms with Crippen LogP contribution in [0.5, 0.6) is 0 Å². The van der Waals surface area contributed by atoms with E-state index in [4.69, 9.17) is 5.73 Å². The molecule has 1 heterocycles. The molecule has 4 unspecified atom stereocenters. The highest BCUT2D eigenvalue weighted by Crippen LogP contribution is 2.49. The van der Waals surface area contributed by atoms with Gasteiger partial charge in [0.1, 0.15) is 0 Å². The van der Waals surface area contributed by atoms with Crippen LogP contribution in [0.3, 0.4) is 0 Å². The van der Waals surface area contributed by atoms with E-state index in [2.05, 4.69) is 16.8 Å². The number of nitrogens with two attached hydrogens (primary N) is 1. The van der Waals surface area contributed by atoms with Crippen LogP contribution in [-0.4, -0.2) is 6.04 Å². The minimum Gasteiger partial charge on any atom is -0.327 e. The second-order valence-electron chi connectivity index (χ2n) is 5.77. The van der Waals surface area contributed by atoms with E-state index < -0.39 is 0 Å². The van der Waals surface area contributed by atoms with Crippen LogP contribution in [-0.2, 0) is 6.42 Å². The molecule has 0 spiro atoms. The van der Waals surface area contributed by atoms with E-state index in [1.807, 2.05) is 0 Å². The maximum atomic E-state index is 6.28. The first-order valence-corrected chi connectivity index (χ1v) is 7.52. The summed E-state index contributed by atoms with van der Waals surface area (Å²) in [4.78, 5) is 0. The van der Waals surface area contributed by atoms with E-state index in [0.717, 1.165) is 24.2 Å². The quantitative estimate of drug-likeness (QED) is 0.850. The molecule has 2 saturated carbocycles. The summed E-state index contributed by atoms with van der Waals surface area (Å²) in [5.41, 5.74) is 7.71. The Morgan fingerprint density at radius 3 is 2.94 bits per heavy atom. The number of thiophene rings is 1. The molecule has 1 aromatic heterocycles. The van der Waals surface area contributed by atoms with Crippen molar-refractivity contribution in [2.24, 2.45) is 23.5 Å². The Morgan fingerprint density at radius 1 is 1.38 bits per heavy atom. The molecule has 2 aliphatic rings. The Hall–Kier alpha value is -0.340. The SMILES string of the molecule is NC(Cc1ccsc1)CC1CC2CCC1C2. The fraction of sp³-hybridized carbons (Fsp3) is 0.714. The maximum absolute atomic E-state index is 6.28. The van der Waals surface area contributed by atoms with Crippen molar-refractivity contribution in [1.29, 1.82) is 0 Å². The van der Waals surface area contributed by atoms with Gasteiger partial charge < -0.3 is 5.73 Å². The molecule has 88 valence electrons. The third-order valence-electron chi connectivity index (χ3n) is 4.57. The summed E-state index contributed by atoms with van der Waals surface area (Å²) in [5.74, 6) is 3.04. The van der Waals surface area contributed by atoms with Crippen LogP contribution >= 0.6 is 11.3 Å². The van der Waals surface area contributed by atoms with Crippen molar-refractivity contribution in [3.63, 3.8) is 0 Å². The molecule has 0 radical (unpaired) electrons. The van der Waals surface area contributed by atoms with E-state index in [1.165, 1.54) is 37.7 Å². The van der Waals surface area contributed by atoms with Crippen LogP contribution in [0.15, 0.2) is 16.8 Å². The highest BCUT2D eigenvalue weighted by atomic mass is 32.1. The molecule has 0 aliphatic heterocycles. The molecule has 2 N–H and O–H groups in total. The highest BCUT2D eigenvalue weighted by molar-refractivity contribution is 7.07. The Balaban J connectivity index is 1.51. The molecule has 2 aliphatic carbocycles. The summed E-state index contributed by atoms with van der Waals surface area (Å²) in [7, 11) is 0. The third-order valence-corrected chi connectivity index (χ3v) is 5.30. The first-order valence-electron chi connectivity index (χ1n) is 6.58. The summed E-state index contributed by atoms with van der Waals surface area (Å²) < 4.78 is 0. The van der Waals surface area contributed by atoms with Crippen LogP contribution in [0.25, 0.3) is 0 Å². The van der Waals surface area contributed by atoms with Crippen LogP contribution in [0.2, 0.25) is 0 Å². The van der Waals surface area contributed by atoms with Gasteiger partial charge in [0.15, 0.2) is 0 Å². The van der Waals surface area contributed by atoms with E-state index in [9.17, 15) is 0 Å². The third kappa shape index (κ3) is 2.18. The normalized spacial score (nSPS) is 34.4. The lowest BCUT2D eigenvalue weighted by atomic mass is 9.83. The molecule has 1 aromatic rings. The standard InChI is InChI=1S/C14H21NS/c15-14(7-11-3-4-16-9-11)8-13-6-10-1-2-12(13)5-10/h3-4,9-10,12-14H,1-2,5-8,15H2. The van der Waals surface area contributed by atoms with Gasteiger partial charge in [0.25, 0.3) is 0 Å². The van der Waals surface area contributed by atoms with Crippen molar-refractivity contribution in [3.05, 3.63) is 22.4 Å². The summed E-state index contributed by atoms with van der Waals surface area (Å²) in [6.45, 7) is 0. The molecule has 2 fully saturated rings. The Morgan fingerprint density at radius 2 is 2.31 bits per heavy atom. The van der Waals surface area contributed by atoms with Gasteiger partial charge in [0.2, 0.25) is 0 Å². The predicted molar refractivity (Wildman–Crippen MR) is 69.6 cm³/mol. The molecule has 2 bridgehead atoms. The summed E-state index contributed by atoms with van der Waals surface area (Å²) in [5, 5.41) is 4.39. The van der Waals surface area contributed by atoms with Crippen molar-refractivity contribution >= 4 is 11.3 Å². The first-order chi connectivity index (χ1) is 7.81. The van der Waals surface area contributed by atoms with Gasteiger partial charge in [-0.1, -0.05) is 6.42 Å². The average Bonchev–Trinajstić information content (AvgIpc) is 2.92. The second kappa shape index (κ2) is 4.50. The zero-order chi connectivity index (χ0) is 11.0. The lowest BCUT2D eigenvalue weighted by molar-refractivity contribution is 0.294. The van der Waals surface area contributed by atoms with Gasteiger partial charge in [-0.3, -0.25) is 0 Å². The van der Waals surface area contributed by atoms with Gasteiger partial charge in [-0.05, 0) is 72.2 Å². The Kier molecular flexibility index (Phi) is 3.03. The highest BCUT2D eigenvalue weighted by Gasteiger charge is 2.39. The van der Waals surface area contributed by atoms with Crippen LogP contribution in [0, 0.1) is 17.8 Å². The number of rotatable bonds is 4. The Labute approximate surface area is 102 Å². The summed E-state index contributed by atoms with van der Waals surface area (Å²) in [6.07, 6.45) is 8.31. The number of hydrogen-bond donors (Lipinski definition) is 1. The van der Waals surface area contributed by atoms with Gasteiger partial charge in [0, 0.05) is 6.04 Å². The topological polar surface area (TPSA) is 26.0 Å². The zero-order valence-corrected chi connectivity index (χ0v) is 10.6. The van der Waals surface area contributed by atoms with Crippen LogP contribution < -0.4 is 5.73 Å². The van der Waals surface area contributed by atoms with Crippen molar-refractivity contribution in [1.82, 2.24) is 0 Å². The van der Waals surface area contributed by atoms with Gasteiger partial charge >= 0.3 is 0 Å². The van der Waals surface area contributed by atoms with Crippen LogP contribution in [0.1, 0.15) is 37.7 Å². The largest absolute Gasteiger partial charge is 0.327 e. The minimum atomic E-state index is 0.388. The smallest absolute Gasteiger partial charge is 0.00823 e. The lowest BCUT2D eigenvalue weighted by Crippen LogP contribution is -2.28. The van der Waals surface area contributed by atoms with Crippen molar-refractivity contribution in [2.45, 2.75) is 44.6 Å². The minimum absolute atomic E-state index is 0.388. The van der Waals surface area contributed by atoms with E-state index in [0.29, 0.717) is 6.04 Å². The summed E-state index contributed by atoms with van der Waals surface area (Å²) in [6, 6.07) is 2.60. The fourth-order valence-electron chi connectivity index (χ4n) is 3.85. The molecular weight excluding hydrogens is 214 g/mol. The molecular formula is C14H21NS. The number of fused-ring (bicyclic) bond motifs is 2. The van der Waals surface area contributed by atoms with Crippen molar-refractivity contribution in [3.8, 4) is 0 Å². The average molecular weight is 235 g/mol. The summed E-state index contributed by atoms with van der Waals surface area (Å²) >= 11 is 1.78.